The van der Waals surface area contributed by atoms with E-state index in [1.165, 1.54) is 0 Å². The molecule has 7 heteroatoms. The summed E-state index contributed by atoms with van der Waals surface area (Å²) in [5.41, 5.74) is 1.15. The molecule has 0 aliphatic heterocycles. The molecule has 0 aliphatic rings. The van der Waals surface area contributed by atoms with Gasteiger partial charge in [-0.05, 0) is 40.6 Å². The van der Waals surface area contributed by atoms with E-state index in [0.717, 1.165) is 56.5 Å². The Bertz CT molecular complexity index is 565. The van der Waals surface area contributed by atoms with Gasteiger partial charge in [0.1, 0.15) is 5.75 Å². The van der Waals surface area contributed by atoms with Crippen molar-refractivity contribution >= 4 is 5.96 Å². The summed E-state index contributed by atoms with van der Waals surface area (Å²) in [6.07, 6.45) is 1.05. The zero-order chi connectivity index (χ0) is 20.8. The van der Waals surface area contributed by atoms with Gasteiger partial charge in [-0.1, -0.05) is 18.2 Å². The van der Waals surface area contributed by atoms with Crippen LogP contribution in [0.2, 0.25) is 0 Å². The van der Waals surface area contributed by atoms with E-state index in [0.29, 0.717) is 6.54 Å². The number of rotatable bonds is 13. The SMILES string of the molecule is CCNC(=NCC(c1ccccc1OC)N(C)C)NCCN(C)CCCOC. The number of likely N-dealkylation sites (N-methyl/N-ethyl adjacent to an activating group) is 2. The first-order chi connectivity index (χ1) is 13.5. The summed E-state index contributed by atoms with van der Waals surface area (Å²) in [6, 6.07) is 8.28. The Morgan fingerprint density at radius 3 is 2.50 bits per heavy atom. The molecule has 1 aromatic carbocycles. The number of hydrogen-bond donors (Lipinski definition) is 2. The molecule has 0 aromatic heterocycles. The molecule has 0 spiro atoms. The molecule has 2 N–H and O–H groups in total. The maximum atomic E-state index is 5.54. The minimum atomic E-state index is 0.142. The lowest BCUT2D eigenvalue weighted by atomic mass is 10.0. The molecule has 0 saturated heterocycles. The van der Waals surface area contributed by atoms with E-state index in [1.807, 2.05) is 18.2 Å². The lowest BCUT2D eigenvalue weighted by Gasteiger charge is -2.25. The van der Waals surface area contributed by atoms with Crippen LogP contribution in [0.5, 0.6) is 5.75 Å². The summed E-state index contributed by atoms with van der Waals surface area (Å²) in [4.78, 5) is 9.29. The van der Waals surface area contributed by atoms with Gasteiger partial charge in [0.05, 0.1) is 19.7 Å². The number of para-hydroxylation sites is 1. The number of benzene rings is 1. The number of aliphatic imine (C=N–C) groups is 1. The topological polar surface area (TPSA) is 61.4 Å². The van der Waals surface area contributed by atoms with Crippen LogP contribution in [0.1, 0.15) is 24.9 Å². The lowest BCUT2D eigenvalue weighted by Crippen LogP contribution is -2.41. The number of guanidine groups is 1. The van der Waals surface area contributed by atoms with Crippen LogP contribution in [0.15, 0.2) is 29.3 Å². The van der Waals surface area contributed by atoms with Crippen LogP contribution in [0, 0.1) is 0 Å². The number of nitrogens with one attached hydrogen (secondary N) is 2. The van der Waals surface area contributed by atoms with E-state index in [4.69, 9.17) is 14.5 Å². The molecule has 0 saturated carbocycles. The zero-order valence-electron chi connectivity index (χ0n) is 18.5. The average molecular weight is 394 g/mol. The van der Waals surface area contributed by atoms with E-state index in [1.54, 1.807) is 14.2 Å². The summed E-state index contributed by atoms with van der Waals surface area (Å²) in [5, 5.41) is 6.77. The van der Waals surface area contributed by atoms with E-state index >= 15 is 0 Å². The predicted octanol–water partition coefficient (Wildman–Crippen LogP) is 1.82. The van der Waals surface area contributed by atoms with E-state index in [9.17, 15) is 0 Å². The maximum absolute atomic E-state index is 5.54. The molecule has 28 heavy (non-hydrogen) atoms. The largest absolute Gasteiger partial charge is 0.496 e. The van der Waals surface area contributed by atoms with Crippen LogP contribution in [-0.2, 0) is 4.74 Å². The molecule has 0 amide bonds. The molecule has 1 rings (SSSR count). The van der Waals surface area contributed by atoms with Crippen LogP contribution < -0.4 is 15.4 Å². The van der Waals surface area contributed by atoms with Crippen molar-refractivity contribution in [1.29, 1.82) is 0 Å². The van der Waals surface area contributed by atoms with Crippen LogP contribution in [0.4, 0.5) is 0 Å². The monoisotopic (exact) mass is 393 g/mol. The average Bonchev–Trinajstić information content (AvgIpc) is 2.68. The quantitative estimate of drug-likeness (QED) is 0.303. The molecule has 0 bridgehead atoms. The van der Waals surface area contributed by atoms with Crippen molar-refractivity contribution in [2.24, 2.45) is 4.99 Å². The third kappa shape index (κ3) is 8.91. The van der Waals surface area contributed by atoms with Gasteiger partial charge in [0.25, 0.3) is 0 Å². The van der Waals surface area contributed by atoms with Gasteiger partial charge in [0, 0.05) is 45.5 Å². The molecule has 0 heterocycles. The number of hydrogen-bond acceptors (Lipinski definition) is 5. The summed E-state index contributed by atoms with van der Waals surface area (Å²) in [6.45, 7) is 7.19. The van der Waals surface area contributed by atoms with Gasteiger partial charge in [0.15, 0.2) is 5.96 Å². The van der Waals surface area contributed by atoms with E-state index < -0.39 is 0 Å². The Kier molecular flexibility index (Phi) is 12.3. The first-order valence-electron chi connectivity index (χ1n) is 10.0. The molecule has 0 radical (unpaired) electrons. The van der Waals surface area contributed by atoms with Gasteiger partial charge >= 0.3 is 0 Å². The normalized spacial score (nSPS) is 13.1. The Morgan fingerprint density at radius 1 is 1.11 bits per heavy atom. The minimum absolute atomic E-state index is 0.142. The molecular formula is C21H39N5O2. The van der Waals surface area contributed by atoms with Crippen molar-refractivity contribution in [3.63, 3.8) is 0 Å². The van der Waals surface area contributed by atoms with Crippen LogP contribution in [0.3, 0.4) is 0 Å². The summed E-state index contributed by atoms with van der Waals surface area (Å²) < 4.78 is 10.7. The van der Waals surface area contributed by atoms with Gasteiger partial charge in [-0.25, -0.2) is 0 Å². The number of ether oxygens (including phenoxy) is 2. The highest BCUT2D eigenvalue weighted by atomic mass is 16.5. The van der Waals surface area contributed by atoms with E-state index in [-0.39, 0.29) is 6.04 Å². The third-order valence-corrected chi connectivity index (χ3v) is 4.56. The molecule has 160 valence electrons. The highest BCUT2D eigenvalue weighted by Crippen LogP contribution is 2.28. The Morgan fingerprint density at radius 2 is 1.86 bits per heavy atom. The van der Waals surface area contributed by atoms with Crippen molar-refractivity contribution < 1.29 is 9.47 Å². The van der Waals surface area contributed by atoms with Gasteiger partial charge in [-0.15, -0.1) is 0 Å². The minimum Gasteiger partial charge on any atom is -0.496 e. The fraction of sp³-hybridized carbons (Fsp3) is 0.667. The molecule has 7 nitrogen and oxygen atoms in total. The highest BCUT2D eigenvalue weighted by molar-refractivity contribution is 5.79. The fourth-order valence-corrected chi connectivity index (χ4v) is 2.96. The van der Waals surface area contributed by atoms with Crippen LogP contribution in [0.25, 0.3) is 0 Å². The predicted molar refractivity (Wildman–Crippen MR) is 117 cm³/mol. The molecule has 0 fully saturated rings. The lowest BCUT2D eigenvalue weighted by molar-refractivity contribution is 0.180. The first kappa shape index (κ1) is 24.2. The van der Waals surface area contributed by atoms with Gasteiger partial charge < -0.3 is 29.9 Å². The third-order valence-electron chi connectivity index (χ3n) is 4.56. The Labute approximate surface area is 171 Å². The van der Waals surface area contributed by atoms with Crippen molar-refractivity contribution in [1.82, 2.24) is 20.4 Å². The van der Waals surface area contributed by atoms with Gasteiger partial charge in [-0.3, -0.25) is 4.99 Å². The van der Waals surface area contributed by atoms with Gasteiger partial charge in [0.2, 0.25) is 0 Å². The second-order valence-corrected chi connectivity index (χ2v) is 7.02. The second kappa shape index (κ2) is 14.2. The van der Waals surface area contributed by atoms with Crippen molar-refractivity contribution in [3.05, 3.63) is 29.8 Å². The van der Waals surface area contributed by atoms with Crippen molar-refractivity contribution in [2.45, 2.75) is 19.4 Å². The number of nitrogens with zero attached hydrogens (tertiary/aromatic N) is 3. The Balaban J connectivity index is 2.67. The molecular weight excluding hydrogens is 354 g/mol. The maximum Gasteiger partial charge on any atom is 0.191 e. The van der Waals surface area contributed by atoms with Gasteiger partial charge in [-0.2, -0.15) is 0 Å². The standard InChI is InChI=1S/C21H39N5O2/c1-7-22-21(23-13-15-26(4)14-10-16-27-5)24-17-19(25(2)3)18-11-8-9-12-20(18)28-6/h8-9,11-12,19H,7,10,13-17H2,1-6H3,(H2,22,23,24). The van der Waals surface area contributed by atoms with Crippen LogP contribution in [-0.4, -0.2) is 90.5 Å². The Hall–Kier alpha value is -1.83. The van der Waals surface area contributed by atoms with E-state index in [2.05, 4.69) is 54.6 Å². The fourth-order valence-electron chi connectivity index (χ4n) is 2.96. The first-order valence-corrected chi connectivity index (χ1v) is 10.0. The smallest absolute Gasteiger partial charge is 0.191 e. The molecule has 1 atom stereocenters. The number of methoxy groups -OCH3 is 2. The van der Waals surface area contributed by atoms with Crippen molar-refractivity contribution in [3.8, 4) is 5.75 Å². The molecule has 1 aromatic rings. The summed E-state index contributed by atoms with van der Waals surface area (Å²) >= 11 is 0. The summed E-state index contributed by atoms with van der Waals surface area (Å²) in [7, 11) is 9.73. The summed E-state index contributed by atoms with van der Waals surface area (Å²) in [5.74, 6) is 1.74. The van der Waals surface area contributed by atoms with Crippen molar-refractivity contribution in [2.75, 3.05) is 74.7 Å². The van der Waals surface area contributed by atoms with Crippen LogP contribution >= 0.6 is 0 Å². The highest BCUT2D eigenvalue weighted by Gasteiger charge is 2.18. The molecule has 0 aliphatic carbocycles. The molecule has 1 unspecified atom stereocenters. The second-order valence-electron chi connectivity index (χ2n) is 7.02. The zero-order valence-corrected chi connectivity index (χ0v) is 18.5.